The molecule has 0 fully saturated rings. The summed E-state index contributed by atoms with van der Waals surface area (Å²) in [5.41, 5.74) is 3.47. The minimum absolute atomic E-state index is 0.214. The van der Waals surface area contributed by atoms with E-state index in [2.05, 4.69) is 20.7 Å². The maximum absolute atomic E-state index is 12.2. The zero-order chi connectivity index (χ0) is 16.4. The van der Waals surface area contributed by atoms with Gasteiger partial charge in [-0.15, -0.1) is 10.2 Å². The van der Waals surface area contributed by atoms with Gasteiger partial charge in [0.1, 0.15) is 5.01 Å². The summed E-state index contributed by atoms with van der Waals surface area (Å²) in [6, 6.07) is 7.60. The van der Waals surface area contributed by atoms with E-state index >= 15 is 0 Å². The van der Waals surface area contributed by atoms with Crippen LogP contribution in [0.15, 0.2) is 28.8 Å². The summed E-state index contributed by atoms with van der Waals surface area (Å²) >= 11 is 1.35. The predicted octanol–water partition coefficient (Wildman–Crippen LogP) is 3.62. The van der Waals surface area contributed by atoms with E-state index in [-0.39, 0.29) is 11.6 Å². The number of benzene rings is 1. The number of anilines is 1. The number of rotatable bonds is 4. The molecule has 0 atom stereocenters. The molecule has 2 aromatic heterocycles. The Morgan fingerprint density at radius 2 is 2.04 bits per heavy atom. The van der Waals surface area contributed by atoms with Crippen LogP contribution in [-0.2, 0) is 6.42 Å². The molecule has 3 rings (SSSR count). The number of amides is 1. The van der Waals surface area contributed by atoms with Gasteiger partial charge in [0.15, 0.2) is 11.5 Å². The van der Waals surface area contributed by atoms with Crippen LogP contribution in [0.1, 0.15) is 33.5 Å². The Morgan fingerprint density at radius 1 is 1.22 bits per heavy atom. The van der Waals surface area contributed by atoms with Crippen LogP contribution >= 0.6 is 11.3 Å². The highest BCUT2D eigenvalue weighted by atomic mass is 32.1. The quantitative estimate of drug-likeness (QED) is 0.791. The smallest absolute Gasteiger partial charge is 0.279 e. The number of hydrogen-bond donors (Lipinski definition) is 1. The summed E-state index contributed by atoms with van der Waals surface area (Å²) in [4.78, 5) is 12.2. The average molecular weight is 328 g/mol. The van der Waals surface area contributed by atoms with Crippen molar-refractivity contribution in [2.75, 3.05) is 5.32 Å². The Hall–Kier alpha value is -2.54. The molecule has 1 aromatic carbocycles. The third-order valence-electron chi connectivity index (χ3n) is 3.52. The molecule has 0 saturated heterocycles. The summed E-state index contributed by atoms with van der Waals surface area (Å²) in [7, 11) is 0. The van der Waals surface area contributed by atoms with E-state index in [1.807, 2.05) is 39.0 Å². The fourth-order valence-corrected chi connectivity index (χ4v) is 2.70. The minimum atomic E-state index is -0.359. The molecule has 118 valence electrons. The number of aryl methyl sites for hydroxylation is 3. The summed E-state index contributed by atoms with van der Waals surface area (Å²) in [6.07, 6.45) is 0.786. The van der Waals surface area contributed by atoms with Crippen molar-refractivity contribution in [3.8, 4) is 11.3 Å². The van der Waals surface area contributed by atoms with Gasteiger partial charge in [0.05, 0.1) is 0 Å². The molecule has 1 N–H and O–H groups in total. The van der Waals surface area contributed by atoms with E-state index in [4.69, 9.17) is 4.52 Å². The standard InChI is InChI=1S/C16H16N4O2S/c1-4-14-18-19-16(23-14)17-15(21)12-8-13(22-20-12)11-6-5-9(2)10(3)7-11/h5-8H,4H2,1-3H3,(H,17,19,21). The lowest BCUT2D eigenvalue weighted by atomic mass is 10.0. The van der Waals surface area contributed by atoms with Gasteiger partial charge in [-0.05, 0) is 37.5 Å². The predicted molar refractivity (Wildman–Crippen MR) is 88.7 cm³/mol. The highest BCUT2D eigenvalue weighted by Gasteiger charge is 2.16. The molecule has 0 aliphatic carbocycles. The maximum atomic E-state index is 12.2. The highest BCUT2D eigenvalue weighted by Crippen LogP contribution is 2.23. The van der Waals surface area contributed by atoms with Crippen LogP contribution in [-0.4, -0.2) is 21.3 Å². The second-order valence-corrected chi connectivity index (χ2v) is 6.25. The van der Waals surface area contributed by atoms with Crippen molar-refractivity contribution >= 4 is 22.4 Å². The largest absolute Gasteiger partial charge is 0.355 e. The molecule has 7 heteroatoms. The molecule has 1 amide bonds. The third-order valence-corrected chi connectivity index (χ3v) is 4.51. The Labute approximate surface area is 137 Å². The van der Waals surface area contributed by atoms with Crippen molar-refractivity contribution < 1.29 is 9.32 Å². The molecule has 0 aliphatic heterocycles. The van der Waals surface area contributed by atoms with Crippen LogP contribution in [0.4, 0.5) is 5.13 Å². The lowest BCUT2D eigenvalue weighted by Crippen LogP contribution is -2.11. The third kappa shape index (κ3) is 3.29. The Morgan fingerprint density at radius 3 is 2.74 bits per heavy atom. The van der Waals surface area contributed by atoms with Crippen LogP contribution in [0, 0.1) is 13.8 Å². The second-order valence-electron chi connectivity index (χ2n) is 5.18. The molecule has 3 aromatic rings. The van der Waals surface area contributed by atoms with Crippen LogP contribution < -0.4 is 5.32 Å². The van der Waals surface area contributed by atoms with Gasteiger partial charge < -0.3 is 4.52 Å². The number of nitrogens with zero attached hydrogens (tertiary/aromatic N) is 3. The molecule has 6 nitrogen and oxygen atoms in total. The molecule has 0 bridgehead atoms. The number of nitrogens with one attached hydrogen (secondary N) is 1. The first-order valence-corrected chi connectivity index (χ1v) is 8.06. The van der Waals surface area contributed by atoms with E-state index in [0.717, 1.165) is 22.6 Å². The molecule has 0 aliphatic rings. The van der Waals surface area contributed by atoms with Gasteiger partial charge >= 0.3 is 0 Å². The monoisotopic (exact) mass is 328 g/mol. The number of aromatic nitrogens is 3. The summed E-state index contributed by atoms with van der Waals surface area (Å²) in [6.45, 7) is 6.06. The van der Waals surface area contributed by atoms with E-state index in [1.165, 1.54) is 16.9 Å². The van der Waals surface area contributed by atoms with Crippen LogP contribution in [0.3, 0.4) is 0 Å². The molecule has 23 heavy (non-hydrogen) atoms. The minimum Gasteiger partial charge on any atom is -0.355 e. The van der Waals surface area contributed by atoms with E-state index in [9.17, 15) is 4.79 Å². The topological polar surface area (TPSA) is 80.9 Å². The van der Waals surface area contributed by atoms with Crippen molar-refractivity contribution in [3.05, 3.63) is 46.1 Å². The van der Waals surface area contributed by atoms with Crippen molar-refractivity contribution in [1.82, 2.24) is 15.4 Å². The Bertz CT molecular complexity index is 853. The normalized spacial score (nSPS) is 10.7. The van der Waals surface area contributed by atoms with Crippen molar-refractivity contribution in [1.29, 1.82) is 0 Å². The van der Waals surface area contributed by atoms with Crippen LogP contribution in [0.5, 0.6) is 0 Å². The van der Waals surface area contributed by atoms with Gasteiger partial charge in [-0.2, -0.15) is 0 Å². The highest BCUT2D eigenvalue weighted by molar-refractivity contribution is 7.15. The van der Waals surface area contributed by atoms with Gasteiger partial charge in [0.2, 0.25) is 5.13 Å². The molecule has 0 unspecified atom stereocenters. The maximum Gasteiger partial charge on any atom is 0.279 e. The van der Waals surface area contributed by atoms with Crippen molar-refractivity contribution in [3.63, 3.8) is 0 Å². The van der Waals surface area contributed by atoms with Gasteiger partial charge in [0.25, 0.3) is 5.91 Å². The fraction of sp³-hybridized carbons (Fsp3) is 0.250. The van der Waals surface area contributed by atoms with Gasteiger partial charge in [0, 0.05) is 11.6 Å². The molecule has 0 radical (unpaired) electrons. The van der Waals surface area contributed by atoms with Gasteiger partial charge in [-0.25, -0.2) is 0 Å². The summed E-state index contributed by atoms with van der Waals surface area (Å²) in [5, 5.41) is 15.7. The van der Waals surface area contributed by atoms with Gasteiger partial charge in [-0.1, -0.05) is 35.5 Å². The van der Waals surface area contributed by atoms with E-state index < -0.39 is 0 Å². The van der Waals surface area contributed by atoms with Gasteiger partial charge in [-0.3, -0.25) is 10.1 Å². The molecular formula is C16H16N4O2S. The molecule has 2 heterocycles. The molecule has 0 spiro atoms. The van der Waals surface area contributed by atoms with E-state index in [1.54, 1.807) is 6.07 Å². The zero-order valence-corrected chi connectivity index (χ0v) is 13.9. The first-order valence-electron chi connectivity index (χ1n) is 7.25. The van der Waals surface area contributed by atoms with Crippen molar-refractivity contribution in [2.45, 2.75) is 27.2 Å². The molecule has 0 saturated carbocycles. The first-order chi connectivity index (χ1) is 11.1. The zero-order valence-electron chi connectivity index (χ0n) is 13.1. The van der Waals surface area contributed by atoms with Crippen LogP contribution in [0.25, 0.3) is 11.3 Å². The number of carbonyl (C=O) groups is 1. The summed E-state index contributed by atoms with van der Waals surface area (Å²) in [5.74, 6) is 0.201. The first kappa shape index (κ1) is 15.4. The van der Waals surface area contributed by atoms with E-state index in [0.29, 0.717) is 10.9 Å². The lowest BCUT2D eigenvalue weighted by Gasteiger charge is -2.01. The number of hydrogen-bond acceptors (Lipinski definition) is 6. The SMILES string of the molecule is CCc1nnc(NC(=O)c2cc(-c3ccc(C)c(C)c3)on2)s1. The number of carbonyl (C=O) groups excluding carboxylic acids is 1. The average Bonchev–Trinajstić information content (AvgIpc) is 3.19. The fourth-order valence-electron chi connectivity index (χ4n) is 2.02. The Kier molecular flexibility index (Phi) is 4.20. The second kappa shape index (κ2) is 6.29. The summed E-state index contributed by atoms with van der Waals surface area (Å²) < 4.78 is 5.29. The van der Waals surface area contributed by atoms with Crippen LogP contribution in [0.2, 0.25) is 0 Å². The van der Waals surface area contributed by atoms with Crippen molar-refractivity contribution in [2.24, 2.45) is 0 Å². The Balaban J connectivity index is 1.77. The lowest BCUT2D eigenvalue weighted by molar-refractivity contribution is 0.101. The molecular weight excluding hydrogens is 312 g/mol.